The molecular weight excluding hydrogens is 378 g/mol. The van der Waals surface area contributed by atoms with Gasteiger partial charge in [0.05, 0.1) is 11.8 Å². The Labute approximate surface area is 165 Å². The predicted octanol–water partition coefficient (Wildman–Crippen LogP) is 4.24. The number of aryl methyl sites for hydroxylation is 1. The number of hydrogen-bond acceptors (Lipinski definition) is 7. The standard InChI is InChI=1S/C19H17N5OS2/c1-14-7-5-6-10-16(14)21-18-22-23-19(27-18)26-13-17(25)24(12-11-20)15-8-3-2-4-9-15/h2-10H,12-13H2,1H3,(H,21,22). The van der Waals surface area contributed by atoms with Gasteiger partial charge in [-0.15, -0.1) is 10.2 Å². The summed E-state index contributed by atoms with van der Waals surface area (Å²) >= 11 is 2.71. The summed E-state index contributed by atoms with van der Waals surface area (Å²) in [4.78, 5) is 14.0. The Morgan fingerprint density at radius 3 is 2.67 bits per heavy atom. The molecule has 0 saturated heterocycles. The molecule has 0 atom stereocenters. The number of amides is 1. The maximum atomic E-state index is 12.5. The number of nitrogens with zero attached hydrogens (tertiary/aromatic N) is 4. The fraction of sp³-hybridized carbons (Fsp3) is 0.158. The van der Waals surface area contributed by atoms with Crippen LogP contribution in [0.15, 0.2) is 58.9 Å². The van der Waals surface area contributed by atoms with Gasteiger partial charge < -0.3 is 5.32 Å². The molecule has 1 aromatic heterocycles. The van der Waals surface area contributed by atoms with Gasteiger partial charge in [-0.1, -0.05) is 59.5 Å². The van der Waals surface area contributed by atoms with Gasteiger partial charge in [-0.05, 0) is 30.7 Å². The molecule has 3 aromatic rings. The summed E-state index contributed by atoms with van der Waals surface area (Å²) in [6.45, 7) is 2.03. The van der Waals surface area contributed by atoms with Crippen molar-refractivity contribution in [2.24, 2.45) is 0 Å². The molecule has 8 heteroatoms. The normalized spacial score (nSPS) is 10.2. The highest BCUT2D eigenvalue weighted by Gasteiger charge is 2.17. The largest absolute Gasteiger partial charge is 0.330 e. The number of rotatable bonds is 7. The molecule has 6 nitrogen and oxygen atoms in total. The molecule has 0 spiro atoms. The monoisotopic (exact) mass is 395 g/mol. The molecule has 27 heavy (non-hydrogen) atoms. The molecule has 136 valence electrons. The summed E-state index contributed by atoms with van der Waals surface area (Å²) in [6.07, 6.45) is 0. The van der Waals surface area contributed by atoms with Crippen molar-refractivity contribution in [3.63, 3.8) is 0 Å². The molecule has 0 unspecified atom stereocenters. The van der Waals surface area contributed by atoms with E-state index in [4.69, 9.17) is 5.26 Å². The molecule has 1 heterocycles. The molecule has 2 aromatic carbocycles. The fourth-order valence-electron chi connectivity index (χ4n) is 2.35. The van der Waals surface area contributed by atoms with Gasteiger partial charge in [0.15, 0.2) is 4.34 Å². The zero-order valence-corrected chi connectivity index (χ0v) is 16.3. The summed E-state index contributed by atoms with van der Waals surface area (Å²) in [5.41, 5.74) is 2.81. The van der Waals surface area contributed by atoms with E-state index < -0.39 is 0 Å². The molecule has 0 aliphatic carbocycles. The Morgan fingerprint density at radius 2 is 1.93 bits per heavy atom. The van der Waals surface area contributed by atoms with Crippen LogP contribution in [0.2, 0.25) is 0 Å². The van der Waals surface area contributed by atoms with E-state index in [2.05, 4.69) is 15.5 Å². The van der Waals surface area contributed by atoms with Crippen molar-refractivity contribution in [3.05, 3.63) is 60.2 Å². The fourth-order valence-corrected chi connectivity index (χ4v) is 3.99. The van der Waals surface area contributed by atoms with Crippen LogP contribution >= 0.6 is 23.1 Å². The van der Waals surface area contributed by atoms with Gasteiger partial charge >= 0.3 is 0 Å². The van der Waals surface area contributed by atoms with Crippen LogP contribution in [0.5, 0.6) is 0 Å². The van der Waals surface area contributed by atoms with Crippen LogP contribution < -0.4 is 10.2 Å². The lowest BCUT2D eigenvalue weighted by atomic mass is 10.2. The summed E-state index contributed by atoms with van der Waals surface area (Å²) in [6, 6.07) is 19.2. The molecular formula is C19H17N5OS2. The number of carbonyl (C=O) groups is 1. The molecule has 0 bridgehead atoms. The van der Waals surface area contributed by atoms with Crippen LogP contribution in [0.4, 0.5) is 16.5 Å². The minimum absolute atomic E-state index is 0.0135. The molecule has 1 N–H and O–H groups in total. The SMILES string of the molecule is Cc1ccccc1Nc1nnc(SCC(=O)N(CC#N)c2ccccc2)s1. The van der Waals surface area contributed by atoms with Gasteiger partial charge in [0.25, 0.3) is 0 Å². The first-order valence-corrected chi connectivity index (χ1v) is 9.99. The second kappa shape index (κ2) is 9.16. The van der Waals surface area contributed by atoms with E-state index in [1.165, 1.54) is 28.0 Å². The highest BCUT2D eigenvalue weighted by molar-refractivity contribution is 8.01. The molecule has 0 aliphatic heterocycles. The van der Waals surface area contributed by atoms with Crippen molar-refractivity contribution in [2.45, 2.75) is 11.3 Å². The number of nitrogens with one attached hydrogen (secondary N) is 1. The van der Waals surface area contributed by atoms with Crippen LogP contribution in [0.3, 0.4) is 0 Å². The van der Waals surface area contributed by atoms with Crippen LogP contribution in [-0.2, 0) is 4.79 Å². The van der Waals surface area contributed by atoms with E-state index in [0.29, 0.717) is 15.2 Å². The van der Waals surface area contributed by atoms with E-state index >= 15 is 0 Å². The minimum Gasteiger partial charge on any atom is -0.330 e. The van der Waals surface area contributed by atoms with Crippen molar-refractivity contribution in [2.75, 3.05) is 22.5 Å². The quantitative estimate of drug-likeness (QED) is 0.476. The summed E-state index contributed by atoms with van der Waals surface area (Å²) in [7, 11) is 0. The molecule has 3 rings (SSSR count). The number of para-hydroxylation sites is 2. The van der Waals surface area contributed by atoms with Crippen LogP contribution in [0, 0.1) is 18.3 Å². The van der Waals surface area contributed by atoms with Crippen molar-refractivity contribution in [3.8, 4) is 6.07 Å². The zero-order valence-electron chi connectivity index (χ0n) is 14.6. The van der Waals surface area contributed by atoms with E-state index in [-0.39, 0.29) is 18.2 Å². The van der Waals surface area contributed by atoms with Gasteiger partial charge in [0.1, 0.15) is 6.54 Å². The smallest absolute Gasteiger partial charge is 0.238 e. The third kappa shape index (κ3) is 5.06. The van der Waals surface area contributed by atoms with Crippen LogP contribution in [-0.4, -0.2) is 28.4 Å². The molecule has 0 aliphatic rings. The highest BCUT2D eigenvalue weighted by atomic mass is 32.2. The second-order valence-electron chi connectivity index (χ2n) is 5.58. The average molecular weight is 396 g/mol. The van der Waals surface area contributed by atoms with Gasteiger partial charge in [-0.3, -0.25) is 9.69 Å². The average Bonchev–Trinajstić information content (AvgIpc) is 3.14. The van der Waals surface area contributed by atoms with E-state index in [1.54, 1.807) is 0 Å². The Balaban J connectivity index is 1.61. The number of hydrogen-bond donors (Lipinski definition) is 1. The first-order chi connectivity index (χ1) is 13.2. The van der Waals surface area contributed by atoms with Crippen molar-refractivity contribution < 1.29 is 4.79 Å². The second-order valence-corrected chi connectivity index (χ2v) is 7.78. The topological polar surface area (TPSA) is 81.9 Å². The highest BCUT2D eigenvalue weighted by Crippen LogP contribution is 2.29. The van der Waals surface area contributed by atoms with Crippen LogP contribution in [0.1, 0.15) is 5.56 Å². The lowest BCUT2D eigenvalue weighted by molar-refractivity contribution is -0.116. The predicted molar refractivity (Wildman–Crippen MR) is 110 cm³/mol. The molecule has 0 fully saturated rings. The van der Waals surface area contributed by atoms with Crippen LogP contribution in [0.25, 0.3) is 0 Å². The number of aromatic nitrogens is 2. The van der Waals surface area contributed by atoms with Gasteiger partial charge in [-0.2, -0.15) is 5.26 Å². The van der Waals surface area contributed by atoms with Gasteiger partial charge in [0.2, 0.25) is 11.0 Å². The Bertz CT molecular complexity index is 952. The van der Waals surface area contributed by atoms with E-state index in [1.807, 2.05) is 67.6 Å². The number of carbonyl (C=O) groups excluding carboxylic acids is 1. The lowest BCUT2D eigenvalue weighted by Crippen LogP contribution is -2.32. The van der Waals surface area contributed by atoms with E-state index in [0.717, 1.165) is 11.3 Å². The van der Waals surface area contributed by atoms with Crippen molar-refractivity contribution in [1.82, 2.24) is 10.2 Å². The van der Waals surface area contributed by atoms with Crippen molar-refractivity contribution in [1.29, 1.82) is 5.26 Å². The first kappa shape index (κ1) is 18.9. The van der Waals surface area contributed by atoms with Gasteiger partial charge in [-0.25, -0.2) is 0 Å². The Hall–Kier alpha value is -2.89. The third-order valence-electron chi connectivity index (χ3n) is 3.71. The summed E-state index contributed by atoms with van der Waals surface area (Å²) < 4.78 is 0.699. The Kier molecular flexibility index (Phi) is 6.41. The number of thioether (sulfide) groups is 1. The molecule has 1 amide bonds. The lowest BCUT2D eigenvalue weighted by Gasteiger charge is -2.19. The number of nitriles is 1. The molecule has 0 radical (unpaired) electrons. The number of benzene rings is 2. The summed E-state index contributed by atoms with van der Waals surface area (Å²) in [5, 5.41) is 21.2. The minimum atomic E-state index is -0.142. The first-order valence-electron chi connectivity index (χ1n) is 8.18. The zero-order chi connectivity index (χ0) is 19.1. The third-order valence-corrected chi connectivity index (χ3v) is 5.67. The summed E-state index contributed by atoms with van der Waals surface area (Å²) in [5.74, 6) is 0.0478. The van der Waals surface area contributed by atoms with Crippen molar-refractivity contribution >= 4 is 45.5 Å². The van der Waals surface area contributed by atoms with Gasteiger partial charge in [0, 0.05) is 11.4 Å². The van der Waals surface area contributed by atoms with E-state index in [9.17, 15) is 4.79 Å². The maximum absolute atomic E-state index is 12.5. The maximum Gasteiger partial charge on any atom is 0.238 e. The molecule has 0 saturated carbocycles. The Morgan fingerprint density at radius 1 is 1.19 bits per heavy atom. The number of anilines is 3.